The fourth-order valence-electron chi connectivity index (χ4n) is 3.49. The zero-order valence-corrected chi connectivity index (χ0v) is 13.5. The van der Waals surface area contributed by atoms with Crippen molar-refractivity contribution in [2.24, 2.45) is 5.92 Å². The van der Waals surface area contributed by atoms with E-state index >= 15 is 0 Å². The Bertz CT molecular complexity index is 508. The number of morpholine rings is 1. The van der Waals surface area contributed by atoms with E-state index in [1.54, 1.807) is 7.11 Å². The highest BCUT2D eigenvalue weighted by Gasteiger charge is 2.34. The predicted octanol–water partition coefficient (Wildman–Crippen LogP) is 3.17. The monoisotopic (exact) mass is 303 g/mol. The quantitative estimate of drug-likeness (QED) is 0.861. The van der Waals surface area contributed by atoms with Gasteiger partial charge in [0.15, 0.2) is 0 Å². The maximum Gasteiger partial charge on any atom is 0.226 e. The van der Waals surface area contributed by atoms with Gasteiger partial charge in [-0.25, -0.2) is 0 Å². The maximum atomic E-state index is 12.7. The summed E-state index contributed by atoms with van der Waals surface area (Å²) in [6, 6.07) is 8.11. The molecule has 4 nitrogen and oxygen atoms in total. The van der Waals surface area contributed by atoms with Crippen molar-refractivity contribution in [1.82, 2.24) is 4.90 Å². The largest absolute Gasteiger partial charge is 0.497 e. The molecule has 4 heteroatoms. The van der Waals surface area contributed by atoms with Crippen molar-refractivity contribution in [3.63, 3.8) is 0 Å². The molecule has 2 aliphatic rings. The summed E-state index contributed by atoms with van der Waals surface area (Å²) in [4.78, 5) is 14.8. The number of hydrogen-bond acceptors (Lipinski definition) is 3. The molecule has 2 unspecified atom stereocenters. The second-order valence-corrected chi connectivity index (χ2v) is 6.42. The summed E-state index contributed by atoms with van der Waals surface area (Å²) in [7, 11) is 1.66. The normalized spacial score (nSPS) is 26.2. The van der Waals surface area contributed by atoms with E-state index in [0.717, 1.165) is 24.2 Å². The Labute approximate surface area is 132 Å². The molecule has 0 aromatic heterocycles. The molecule has 2 atom stereocenters. The first-order valence-electron chi connectivity index (χ1n) is 8.25. The number of methoxy groups -OCH3 is 1. The van der Waals surface area contributed by atoms with Gasteiger partial charge >= 0.3 is 0 Å². The lowest BCUT2D eigenvalue weighted by Crippen LogP contribution is -2.50. The highest BCUT2D eigenvalue weighted by Crippen LogP contribution is 2.31. The molecular weight excluding hydrogens is 278 g/mol. The summed E-state index contributed by atoms with van der Waals surface area (Å²) >= 11 is 0. The lowest BCUT2D eigenvalue weighted by Gasteiger charge is -2.39. The number of rotatable bonds is 3. The Hall–Kier alpha value is -1.55. The van der Waals surface area contributed by atoms with Crippen LogP contribution in [-0.4, -0.2) is 37.1 Å². The molecule has 3 rings (SSSR count). The summed E-state index contributed by atoms with van der Waals surface area (Å²) in [6.45, 7) is 3.34. The van der Waals surface area contributed by atoms with Gasteiger partial charge in [0, 0.05) is 5.92 Å². The van der Waals surface area contributed by atoms with Gasteiger partial charge in [0.2, 0.25) is 5.91 Å². The van der Waals surface area contributed by atoms with Gasteiger partial charge in [0.1, 0.15) is 11.9 Å². The molecular formula is C18H25NO3. The summed E-state index contributed by atoms with van der Waals surface area (Å²) < 4.78 is 11.2. The number of benzene rings is 1. The van der Waals surface area contributed by atoms with E-state index in [1.165, 1.54) is 12.8 Å². The van der Waals surface area contributed by atoms with Crippen LogP contribution in [0.1, 0.15) is 44.3 Å². The average Bonchev–Trinajstić information content (AvgIpc) is 3.09. The predicted molar refractivity (Wildman–Crippen MR) is 84.8 cm³/mol. The molecule has 22 heavy (non-hydrogen) atoms. The third kappa shape index (κ3) is 3.12. The Kier molecular flexibility index (Phi) is 4.67. The molecule has 1 aliphatic heterocycles. The molecule has 0 bridgehead atoms. The molecule has 1 saturated heterocycles. The van der Waals surface area contributed by atoms with Crippen LogP contribution in [0.25, 0.3) is 0 Å². The molecule has 1 aromatic carbocycles. The number of carbonyl (C=O) groups is 1. The van der Waals surface area contributed by atoms with Gasteiger partial charge in [-0.05, 0) is 37.5 Å². The van der Waals surface area contributed by atoms with Crippen molar-refractivity contribution in [3.8, 4) is 5.75 Å². The summed E-state index contributed by atoms with van der Waals surface area (Å²) in [5.74, 6) is 1.40. The molecule has 1 amide bonds. The van der Waals surface area contributed by atoms with Crippen LogP contribution in [0.3, 0.4) is 0 Å². The van der Waals surface area contributed by atoms with Crippen molar-refractivity contribution >= 4 is 5.91 Å². The molecule has 1 aliphatic carbocycles. The van der Waals surface area contributed by atoms with Crippen LogP contribution in [-0.2, 0) is 9.53 Å². The van der Waals surface area contributed by atoms with Gasteiger partial charge in [-0.15, -0.1) is 0 Å². The van der Waals surface area contributed by atoms with Gasteiger partial charge < -0.3 is 14.4 Å². The average molecular weight is 303 g/mol. The fourth-order valence-corrected chi connectivity index (χ4v) is 3.49. The minimum absolute atomic E-state index is 0.0348. The number of amides is 1. The molecule has 0 spiro atoms. The molecule has 2 fully saturated rings. The lowest BCUT2D eigenvalue weighted by molar-refractivity contribution is -0.148. The van der Waals surface area contributed by atoms with Gasteiger partial charge in [-0.1, -0.05) is 25.0 Å². The molecule has 1 saturated carbocycles. The topological polar surface area (TPSA) is 38.8 Å². The minimum atomic E-state index is -0.0348. The third-order valence-corrected chi connectivity index (χ3v) is 4.91. The minimum Gasteiger partial charge on any atom is -0.497 e. The molecule has 0 N–H and O–H groups in total. The van der Waals surface area contributed by atoms with Crippen LogP contribution in [0.2, 0.25) is 0 Å². The van der Waals surface area contributed by atoms with Crippen molar-refractivity contribution in [2.45, 2.75) is 44.8 Å². The lowest BCUT2D eigenvalue weighted by atomic mass is 10.0. The van der Waals surface area contributed by atoms with E-state index in [4.69, 9.17) is 9.47 Å². The van der Waals surface area contributed by atoms with Crippen molar-refractivity contribution in [3.05, 3.63) is 29.8 Å². The second-order valence-electron chi connectivity index (χ2n) is 6.42. The Morgan fingerprint density at radius 3 is 2.55 bits per heavy atom. The summed E-state index contributed by atoms with van der Waals surface area (Å²) in [5.41, 5.74) is 1.11. The standard InChI is InChI=1S/C18H25NO3/c1-13-12-22-17(14-7-9-16(21-2)10-8-14)11-19(13)18(20)15-5-3-4-6-15/h7-10,13,15,17H,3-6,11-12H2,1-2H3. The van der Waals surface area contributed by atoms with E-state index in [9.17, 15) is 4.79 Å². The Morgan fingerprint density at radius 1 is 1.23 bits per heavy atom. The molecule has 120 valence electrons. The van der Waals surface area contributed by atoms with Crippen molar-refractivity contribution < 1.29 is 14.3 Å². The van der Waals surface area contributed by atoms with Crippen LogP contribution in [0.4, 0.5) is 0 Å². The smallest absolute Gasteiger partial charge is 0.226 e. The first kappa shape index (κ1) is 15.3. The van der Waals surface area contributed by atoms with E-state index in [0.29, 0.717) is 19.1 Å². The van der Waals surface area contributed by atoms with Crippen LogP contribution in [0.5, 0.6) is 5.75 Å². The maximum absolute atomic E-state index is 12.7. The van der Waals surface area contributed by atoms with E-state index < -0.39 is 0 Å². The molecule has 1 heterocycles. The van der Waals surface area contributed by atoms with Gasteiger partial charge in [0.05, 0.1) is 26.3 Å². The highest BCUT2D eigenvalue weighted by atomic mass is 16.5. The number of hydrogen-bond donors (Lipinski definition) is 0. The summed E-state index contributed by atoms with van der Waals surface area (Å²) in [5, 5.41) is 0. The Morgan fingerprint density at radius 2 is 1.91 bits per heavy atom. The highest BCUT2D eigenvalue weighted by molar-refractivity contribution is 5.79. The van der Waals surface area contributed by atoms with Gasteiger partial charge in [-0.2, -0.15) is 0 Å². The van der Waals surface area contributed by atoms with Crippen LogP contribution >= 0.6 is 0 Å². The number of nitrogens with zero attached hydrogens (tertiary/aromatic N) is 1. The van der Waals surface area contributed by atoms with Crippen LogP contribution in [0, 0.1) is 5.92 Å². The number of carbonyl (C=O) groups excluding carboxylic acids is 1. The van der Waals surface area contributed by atoms with Crippen LogP contribution < -0.4 is 4.74 Å². The van der Waals surface area contributed by atoms with E-state index in [2.05, 4.69) is 6.92 Å². The third-order valence-electron chi connectivity index (χ3n) is 4.91. The first-order valence-corrected chi connectivity index (χ1v) is 8.25. The van der Waals surface area contributed by atoms with Crippen molar-refractivity contribution in [1.29, 1.82) is 0 Å². The fraction of sp³-hybridized carbons (Fsp3) is 0.611. The van der Waals surface area contributed by atoms with Crippen molar-refractivity contribution in [2.75, 3.05) is 20.3 Å². The molecule has 1 aromatic rings. The number of ether oxygens (including phenoxy) is 2. The second kappa shape index (κ2) is 6.69. The Balaban J connectivity index is 1.70. The zero-order valence-electron chi connectivity index (χ0n) is 13.5. The van der Waals surface area contributed by atoms with Gasteiger partial charge in [-0.3, -0.25) is 4.79 Å². The van der Waals surface area contributed by atoms with E-state index in [1.807, 2.05) is 29.2 Å². The van der Waals surface area contributed by atoms with Crippen LogP contribution in [0.15, 0.2) is 24.3 Å². The zero-order chi connectivity index (χ0) is 15.5. The SMILES string of the molecule is COc1ccc(C2CN(C(=O)C3CCCC3)C(C)CO2)cc1. The van der Waals surface area contributed by atoms with E-state index in [-0.39, 0.29) is 18.1 Å². The molecule has 0 radical (unpaired) electrons. The summed E-state index contributed by atoms with van der Waals surface area (Å²) in [6.07, 6.45) is 4.45. The first-order chi connectivity index (χ1) is 10.7. The van der Waals surface area contributed by atoms with Gasteiger partial charge in [0.25, 0.3) is 0 Å².